The van der Waals surface area contributed by atoms with Crippen LogP contribution in [0.15, 0.2) is 45.9 Å². The molecule has 0 heterocycles. The molecule has 1 saturated carbocycles. The molecule has 0 unspecified atom stereocenters. The van der Waals surface area contributed by atoms with Gasteiger partial charge >= 0.3 is 5.97 Å². The Kier molecular flexibility index (Phi) is 6.11. The summed E-state index contributed by atoms with van der Waals surface area (Å²) in [6, 6.07) is 8.69. The fraction of sp³-hybridized carbons (Fsp3) is 0.318. The number of benzene rings is 2. The molecule has 1 fully saturated rings. The molecular weight excluding hydrogens is 494 g/mol. The van der Waals surface area contributed by atoms with Gasteiger partial charge in [-0.25, -0.2) is 8.78 Å². The number of rotatable bonds is 5. The summed E-state index contributed by atoms with van der Waals surface area (Å²) in [6.07, 6.45) is 1.96. The van der Waals surface area contributed by atoms with E-state index in [-0.39, 0.29) is 35.4 Å². The van der Waals surface area contributed by atoms with E-state index in [1.807, 2.05) is 32.9 Å². The van der Waals surface area contributed by atoms with Crippen LogP contribution in [0, 0.1) is 35.8 Å². The standard InChI is InChI=1S/C22H20Br2F2O2/c1-12-13(5-4-6-15(12)16-9-14(25)7-8-18(16)26)11-28-21(27)20-17(10-19(23)24)22(20,2)3/h4-10,17,20H,11H2,1-3H3/t17-,20-/m0/s1. The number of ether oxygens (including phenoxy) is 1. The molecule has 0 aliphatic heterocycles. The second-order valence-corrected chi connectivity index (χ2v) is 10.4. The van der Waals surface area contributed by atoms with Crippen LogP contribution >= 0.6 is 31.9 Å². The van der Waals surface area contributed by atoms with Crippen molar-refractivity contribution in [2.24, 2.45) is 17.3 Å². The number of hydrogen-bond acceptors (Lipinski definition) is 2. The van der Waals surface area contributed by atoms with Crippen LogP contribution in [0.25, 0.3) is 11.1 Å². The van der Waals surface area contributed by atoms with Crippen molar-refractivity contribution < 1.29 is 18.3 Å². The van der Waals surface area contributed by atoms with Gasteiger partial charge in [0.05, 0.1) is 9.31 Å². The second kappa shape index (κ2) is 8.07. The van der Waals surface area contributed by atoms with Crippen molar-refractivity contribution in [3.05, 3.63) is 68.6 Å². The van der Waals surface area contributed by atoms with Gasteiger partial charge in [0.2, 0.25) is 0 Å². The quantitative estimate of drug-likeness (QED) is 0.407. The van der Waals surface area contributed by atoms with Crippen molar-refractivity contribution in [2.75, 3.05) is 0 Å². The van der Waals surface area contributed by atoms with Crippen LogP contribution in [0.2, 0.25) is 0 Å². The van der Waals surface area contributed by atoms with Crippen LogP contribution in [-0.2, 0) is 16.1 Å². The van der Waals surface area contributed by atoms with Gasteiger partial charge in [-0.2, -0.15) is 0 Å². The molecule has 0 spiro atoms. The SMILES string of the molecule is Cc1c(COC(=O)[C@@H]2[C@H](C=C(Br)Br)C2(C)C)cccc1-c1cc(F)ccc1F. The van der Waals surface area contributed by atoms with Crippen LogP contribution in [0.3, 0.4) is 0 Å². The van der Waals surface area contributed by atoms with Crippen LogP contribution in [0.5, 0.6) is 0 Å². The molecule has 2 nitrogen and oxygen atoms in total. The maximum absolute atomic E-state index is 14.2. The highest BCUT2D eigenvalue weighted by atomic mass is 79.9. The minimum Gasteiger partial charge on any atom is -0.461 e. The van der Waals surface area contributed by atoms with E-state index < -0.39 is 11.6 Å². The molecule has 0 saturated heterocycles. The Morgan fingerprint density at radius 2 is 1.89 bits per heavy atom. The number of hydrogen-bond donors (Lipinski definition) is 0. The first-order valence-corrected chi connectivity index (χ1v) is 10.4. The summed E-state index contributed by atoms with van der Waals surface area (Å²) in [5.74, 6) is -1.35. The van der Waals surface area contributed by atoms with E-state index in [1.54, 1.807) is 12.1 Å². The van der Waals surface area contributed by atoms with E-state index in [0.717, 1.165) is 26.7 Å². The van der Waals surface area contributed by atoms with E-state index in [4.69, 9.17) is 4.74 Å². The lowest BCUT2D eigenvalue weighted by atomic mass is 9.96. The van der Waals surface area contributed by atoms with Crippen LogP contribution in [0.4, 0.5) is 8.78 Å². The third kappa shape index (κ3) is 4.23. The summed E-state index contributed by atoms with van der Waals surface area (Å²) in [6.45, 7) is 5.97. The zero-order valence-electron chi connectivity index (χ0n) is 15.7. The van der Waals surface area contributed by atoms with Crippen molar-refractivity contribution >= 4 is 37.8 Å². The number of carbonyl (C=O) groups is 1. The lowest BCUT2D eigenvalue weighted by molar-refractivity contribution is -0.147. The van der Waals surface area contributed by atoms with E-state index >= 15 is 0 Å². The third-order valence-corrected chi connectivity index (χ3v) is 6.03. The fourth-order valence-corrected chi connectivity index (χ4v) is 4.22. The first kappa shape index (κ1) is 21.2. The molecule has 0 aromatic heterocycles. The molecular formula is C22H20Br2F2O2. The molecule has 0 N–H and O–H groups in total. The average Bonchev–Trinajstić information content (AvgIpc) is 3.15. The summed E-state index contributed by atoms with van der Waals surface area (Å²) in [4.78, 5) is 12.6. The Hall–Kier alpha value is -1.53. The lowest BCUT2D eigenvalue weighted by Gasteiger charge is -2.13. The molecule has 2 aromatic carbocycles. The highest BCUT2D eigenvalue weighted by Gasteiger charge is 2.61. The topological polar surface area (TPSA) is 26.3 Å². The first-order valence-electron chi connectivity index (χ1n) is 8.86. The second-order valence-electron chi connectivity index (χ2n) is 7.60. The van der Waals surface area contributed by atoms with Crippen LogP contribution in [-0.4, -0.2) is 5.97 Å². The Balaban J connectivity index is 1.77. The minimum absolute atomic E-state index is 0.0912. The molecule has 148 valence electrons. The molecule has 3 rings (SSSR count). The molecule has 1 aliphatic rings. The number of halogens is 4. The maximum atomic E-state index is 14.2. The largest absolute Gasteiger partial charge is 0.461 e. The molecule has 2 atom stereocenters. The van der Waals surface area contributed by atoms with Gasteiger partial charge in [0, 0.05) is 5.56 Å². The van der Waals surface area contributed by atoms with Gasteiger partial charge in [-0.1, -0.05) is 38.1 Å². The summed E-state index contributed by atoms with van der Waals surface area (Å²) in [7, 11) is 0. The zero-order chi connectivity index (χ0) is 20.6. The van der Waals surface area contributed by atoms with Crippen molar-refractivity contribution in [3.63, 3.8) is 0 Å². The van der Waals surface area contributed by atoms with Crippen molar-refractivity contribution in [1.29, 1.82) is 0 Å². The molecule has 28 heavy (non-hydrogen) atoms. The van der Waals surface area contributed by atoms with E-state index in [9.17, 15) is 13.6 Å². The van der Waals surface area contributed by atoms with Crippen LogP contribution in [0.1, 0.15) is 25.0 Å². The normalized spacial score (nSPS) is 19.8. The van der Waals surface area contributed by atoms with Gasteiger partial charge < -0.3 is 4.74 Å². The number of allylic oxidation sites excluding steroid dienone is 1. The monoisotopic (exact) mass is 512 g/mol. The fourth-order valence-electron chi connectivity index (χ4n) is 3.65. The average molecular weight is 514 g/mol. The maximum Gasteiger partial charge on any atom is 0.310 e. The predicted octanol–water partition coefficient (Wildman–Crippen LogP) is 6.89. The summed E-state index contributed by atoms with van der Waals surface area (Å²) >= 11 is 6.68. The van der Waals surface area contributed by atoms with Crippen molar-refractivity contribution in [2.45, 2.75) is 27.4 Å². The van der Waals surface area contributed by atoms with Gasteiger partial charge in [-0.3, -0.25) is 4.79 Å². The highest BCUT2D eigenvalue weighted by molar-refractivity contribution is 9.28. The van der Waals surface area contributed by atoms with Crippen molar-refractivity contribution in [1.82, 2.24) is 0 Å². The van der Waals surface area contributed by atoms with Gasteiger partial charge in [-0.15, -0.1) is 0 Å². The smallest absolute Gasteiger partial charge is 0.310 e. The summed E-state index contributed by atoms with van der Waals surface area (Å²) in [5, 5.41) is 0. The Morgan fingerprint density at radius 1 is 1.18 bits per heavy atom. The first-order chi connectivity index (χ1) is 13.1. The van der Waals surface area contributed by atoms with Crippen LogP contribution < -0.4 is 0 Å². The van der Waals surface area contributed by atoms with E-state index in [2.05, 4.69) is 31.9 Å². The van der Waals surface area contributed by atoms with Gasteiger partial charge in [0.1, 0.15) is 18.2 Å². The predicted molar refractivity (Wildman–Crippen MR) is 113 cm³/mol. The zero-order valence-corrected chi connectivity index (χ0v) is 18.9. The summed E-state index contributed by atoms with van der Waals surface area (Å²) < 4.78 is 34.1. The minimum atomic E-state index is -0.499. The lowest BCUT2D eigenvalue weighted by Crippen LogP contribution is -2.11. The molecule has 1 aliphatic carbocycles. The molecule has 2 aromatic rings. The summed E-state index contributed by atoms with van der Waals surface area (Å²) in [5.41, 5.74) is 2.14. The molecule has 0 amide bonds. The Bertz CT molecular complexity index is 950. The number of carbonyl (C=O) groups excluding carboxylic acids is 1. The van der Waals surface area contributed by atoms with Gasteiger partial charge in [0.25, 0.3) is 0 Å². The molecule has 0 bridgehead atoms. The molecule has 6 heteroatoms. The highest BCUT2D eigenvalue weighted by Crippen LogP contribution is 2.60. The molecule has 0 radical (unpaired) electrons. The Labute approximate surface area is 180 Å². The van der Waals surface area contributed by atoms with Gasteiger partial charge in [0.15, 0.2) is 0 Å². The van der Waals surface area contributed by atoms with Crippen molar-refractivity contribution in [3.8, 4) is 11.1 Å². The van der Waals surface area contributed by atoms with E-state index in [0.29, 0.717) is 5.56 Å². The Morgan fingerprint density at radius 3 is 2.57 bits per heavy atom. The third-order valence-electron chi connectivity index (χ3n) is 5.50. The van der Waals surface area contributed by atoms with E-state index in [1.165, 1.54) is 6.07 Å². The number of esters is 1. The van der Waals surface area contributed by atoms with Gasteiger partial charge in [-0.05, 0) is 85.0 Å².